The minimum absolute atomic E-state index is 0.0637. The SMILES string of the molecule is COCCOC(=O)c1csc(S(N)(=O)=O)c1. The van der Waals surface area contributed by atoms with Crippen LogP contribution in [0.1, 0.15) is 10.4 Å². The van der Waals surface area contributed by atoms with Gasteiger partial charge >= 0.3 is 5.97 Å². The molecule has 0 spiro atoms. The second kappa shape index (κ2) is 5.39. The number of primary sulfonamides is 1. The summed E-state index contributed by atoms with van der Waals surface area (Å²) in [5, 5.41) is 6.29. The van der Waals surface area contributed by atoms with Gasteiger partial charge in [0.1, 0.15) is 10.8 Å². The Labute approximate surface area is 97.0 Å². The van der Waals surface area contributed by atoms with Crippen molar-refractivity contribution < 1.29 is 22.7 Å². The zero-order chi connectivity index (χ0) is 12.2. The summed E-state index contributed by atoms with van der Waals surface area (Å²) in [5.74, 6) is -0.594. The summed E-state index contributed by atoms with van der Waals surface area (Å²) in [7, 11) is -2.27. The molecule has 0 aliphatic carbocycles. The van der Waals surface area contributed by atoms with Gasteiger partial charge in [0.05, 0.1) is 12.2 Å². The van der Waals surface area contributed by atoms with E-state index >= 15 is 0 Å². The molecule has 0 saturated heterocycles. The Morgan fingerprint density at radius 3 is 2.69 bits per heavy atom. The molecule has 8 heteroatoms. The normalized spacial score (nSPS) is 11.4. The molecule has 1 aromatic rings. The lowest BCUT2D eigenvalue weighted by Gasteiger charge is -2.01. The fourth-order valence-corrected chi connectivity index (χ4v) is 2.45. The average Bonchev–Trinajstić information content (AvgIpc) is 2.66. The summed E-state index contributed by atoms with van der Waals surface area (Å²) in [6.45, 7) is 0.411. The minimum atomic E-state index is -3.75. The van der Waals surface area contributed by atoms with Crippen molar-refractivity contribution in [1.29, 1.82) is 0 Å². The van der Waals surface area contributed by atoms with Crippen LogP contribution in [0.5, 0.6) is 0 Å². The molecule has 0 amide bonds. The van der Waals surface area contributed by atoms with Crippen LogP contribution < -0.4 is 5.14 Å². The average molecular weight is 265 g/mol. The number of methoxy groups -OCH3 is 1. The van der Waals surface area contributed by atoms with Gasteiger partial charge in [0.15, 0.2) is 0 Å². The van der Waals surface area contributed by atoms with Crippen LogP contribution in [0.2, 0.25) is 0 Å². The Balaban J connectivity index is 2.68. The lowest BCUT2D eigenvalue weighted by molar-refractivity contribution is 0.0388. The predicted octanol–water partition coefficient (Wildman–Crippen LogP) is 0.199. The fraction of sp³-hybridized carbons (Fsp3) is 0.375. The van der Waals surface area contributed by atoms with Crippen molar-refractivity contribution in [3.8, 4) is 0 Å². The van der Waals surface area contributed by atoms with E-state index in [9.17, 15) is 13.2 Å². The quantitative estimate of drug-likeness (QED) is 0.606. The van der Waals surface area contributed by atoms with Gasteiger partial charge in [-0.1, -0.05) is 0 Å². The number of carbonyl (C=O) groups excluding carboxylic acids is 1. The number of hydrogen-bond donors (Lipinski definition) is 1. The van der Waals surface area contributed by atoms with Crippen molar-refractivity contribution in [3.63, 3.8) is 0 Å². The van der Waals surface area contributed by atoms with Gasteiger partial charge in [-0.25, -0.2) is 18.4 Å². The van der Waals surface area contributed by atoms with E-state index in [2.05, 4.69) is 0 Å². The van der Waals surface area contributed by atoms with E-state index in [1.165, 1.54) is 18.6 Å². The summed E-state index contributed by atoms with van der Waals surface area (Å²) in [4.78, 5) is 11.4. The van der Waals surface area contributed by atoms with Crippen LogP contribution in [0.25, 0.3) is 0 Å². The summed E-state index contributed by atoms with van der Waals surface area (Å²) >= 11 is 0.879. The second-order valence-electron chi connectivity index (χ2n) is 2.83. The van der Waals surface area contributed by atoms with E-state index in [-0.39, 0.29) is 23.0 Å². The third-order valence-electron chi connectivity index (χ3n) is 1.61. The fourth-order valence-electron chi connectivity index (χ4n) is 0.874. The molecule has 1 heterocycles. The van der Waals surface area contributed by atoms with Crippen molar-refractivity contribution in [3.05, 3.63) is 17.0 Å². The molecule has 6 nitrogen and oxygen atoms in total. The predicted molar refractivity (Wildman–Crippen MR) is 57.9 cm³/mol. The second-order valence-corrected chi connectivity index (χ2v) is 5.53. The lowest BCUT2D eigenvalue weighted by Crippen LogP contribution is -2.11. The Bertz CT molecular complexity index is 465. The molecule has 0 aliphatic heterocycles. The van der Waals surface area contributed by atoms with Gasteiger partial charge in [-0.15, -0.1) is 11.3 Å². The van der Waals surface area contributed by atoms with Gasteiger partial charge in [-0.3, -0.25) is 0 Å². The first-order chi connectivity index (χ1) is 7.45. The summed E-state index contributed by atoms with van der Waals surface area (Å²) in [6, 6.07) is 1.19. The van der Waals surface area contributed by atoms with Crippen molar-refractivity contribution in [1.82, 2.24) is 0 Å². The van der Waals surface area contributed by atoms with Gasteiger partial charge in [0.25, 0.3) is 0 Å². The zero-order valence-electron chi connectivity index (χ0n) is 8.50. The van der Waals surface area contributed by atoms with Crippen molar-refractivity contribution in [2.24, 2.45) is 5.14 Å². The number of sulfonamides is 1. The number of esters is 1. The Kier molecular flexibility index (Phi) is 4.42. The van der Waals surface area contributed by atoms with E-state index in [0.717, 1.165) is 11.3 Å². The number of hydrogen-bond acceptors (Lipinski definition) is 6. The van der Waals surface area contributed by atoms with Gasteiger partial charge in [-0.05, 0) is 6.07 Å². The maximum Gasteiger partial charge on any atom is 0.339 e. The number of thiophene rings is 1. The largest absolute Gasteiger partial charge is 0.460 e. The first kappa shape index (κ1) is 13.1. The summed E-state index contributed by atoms with van der Waals surface area (Å²) in [5.41, 5.74) is 0.171. The standard InChI is InChI=1S/C8H11NO5S2/c1-13-2-3-14-8(10)6-4-7(15-5-6)16(9,11)12/h4-5H,2-3H2,1H3,(H2,9,11,12). The van der Waals surface area contributed by atoms with E-state index in [1.54, 1.807) is 0 Å². The highest BCUT2D eigenvalue weighted by Crippen LogP contribution is 2.19. The smallest absolute Gasteiger partial charge is 0.339 e. The molecule has 0 aliphatic rings. The zero-order valence-corrected chi connectivity index (χ0v) is 10.1. The topological polar surface area (TPSA) is 95.7 Å². The number of rotatable bonds is 5. The van der Waals surface area contributed by atoms with E-state index in [4.69, 9.17) is 14.6 Å². The van der Waals surface area contributed by atoms with Crippen LogP contribution >= 0.6 is 11.3 Å². The molecular weight excluding hydrogens is 254 g/mol. The van der Waals surface area contributed by atoms with Crippen LogP contribution in [0.15, 0.2) is 15.7 Å². The number of ether oxygens (including phenoxy) is 2. The molecule has 0 aromatic carbocycles. The Morgan fingerprint density at radius 1 is 1.50 bits per heavy atom. The molecule has 16 heavy (non-hydrogen) atoms. The highest BCUT2D eigenvalue weighted by Gasteiger charge is 2.15. The van der Waals surface area contributed by atoms with Crippen LogP contribution in [-0.2, 0) is 19.5 Å². The molecule has 2 N–H and O–H groups in total. The molecule has 0 radical (unpaired) electrons. The lowest BCUT2D eigenvalue weighted by atomic mass is 10.3. The van der Waals surface area contributed by atoms with Gasteiger partial charge in [0.2, 0.25) is 10.0 Å². The molecule has 90 valence electrons. The first-order valence-electron chi connectivity index (χ1n) is 4.22. The van der Waals surface area contributed by atoms with E-state index < -0.39 is 16.0 Å². The highest BCUT2D eigenvalue weighted by molar-refractivity contribution is 7.91. The van der Waals surface area contributed by atoms with Crippen molar-refractivity contribution >= 4 is 27.3 Å². The monoisotopic (exact) mass is 265 g/mol. The summed E-state index contributed by atoms with van der Waals surface area (Å²) in [6.07, 6.45) is 0. The van der Waals surface area contributed by atoms with Crippen molar-refractivity contribution in [2.45, 2.75) is 4.21 Å². The molecule has 0 bridgehead atoms. The molecule has 0 fully saturated rings. The third kappa shape index (κ3) is 3.56. The van der Waals surface area contributed by atoms with Gasteiger partial charge < -0.3 is 9.47 Å². The Morgan fingerprint density at radius 2 is 2.19 bits per heavy atom. The summed E-state index contributed by atoms with van der Waals surface area (Å²) < 4.78 is 31.3. The van der Waals surface area contributed by atoms with Crippen molar-refractivity contribution in [2.75, 3.05) is 20.3 Å². The molecule has 0 saturated carbocycles. The van der Waals surface area contributed by atoms with Gasteiger partial charge in [0, 0.05) is 12.5 Å². The molecular formula is C8H11NO5S2. The van der Waals surface area contributed by atoms with Crippen LogP contribution in [0.4, 0.5) is 0 Å². The minimum Gasteiger partial charge on any atom is -0.460 e. The maximum absolute atomic E-state index is 11.4. The molecule has 1 rings (SSSR count). The Hall–Kier alpha value is -0.960. The number of nitrogens with two attached hydrogens (primary N) is 1. The first-order valence-corrected chi connectivity index (χ1v) is 6.65. The molecule has 0 unspecified atom stereocenters. The molecule has 0 atom stereocenters. The van der Waals surface area contributed by atoms with Crippen LogP contribution in [0, 0.1) is 0 Å². The van der Waals surface area contributed by atoms with E-state index in [0.29, 0.717) is 0 Å². The van der Waals surface area contributed by atoms with Crippen LogP contribution in [0.3, 0.4) is 0 Å². The maximum atomic E-state index is 11.4. The van der Waals surface area contributed by atoms with Gasteiger partial charge in [-0.2, -0.15) is 0 Å². The van der Waals surface area contributed by atoms with Crippen LogP contribution in [-0.4, -0.2) is 34.7 Å². The highest BCUT2D eigenvalue weighted by atomic mass is 32.2. The third-order valence-corrected chi connectivity index (χ3v) is 4.00. The van der Waals surface area contributed by atoms with E-state index in [1.807, 2.05) is 0 Å². The molecule has 1 aromatic heterocycles. The number of carbonyl (C=O) groups is 1.